The summed E-state index contributed by atoms with van der Waals surface area (Å²) in [6, 6.07) is -0.776. The number of carbonyl (C=O) groups is 1. The number of aliphatic hydroxyl groups is 2. The summed E-state index contributed by atoms with van der Waals surface area (Å²) >= 11 is 0. The molecule has 0 radical (unpaired) electrons. The average Bonchev–Trinajstić information content (AvgIpc) is 2.58. The Labute approximate surface area is 142 Å². The monoisotopic (exact) mass is 347 g/mol. The molecule has 8 heteroatoms. The first kappa shape index (κ1) is 19.6. The molecule has 1 heterocycles. The van der Waals surface area contributed by atoms with Gasteiger partial charge in [0.2, 0.25) is 0 Å². The Kier molecular flexibility index (Phi) is 7.39. The SMILES string of the molecule is COC(=O)CO[C@@H]1C(N)C(O[C@H]2CCCC[C@@H]2C)OC(CO)[C@@H]1O. The Morgan fingerprint density at radius 1 is 1.33 bits per heavy atom. The van der Waals surface area contributed by atoms with Crippen LogP contribution in [0.5, 0.6) is 0 Å². The van der Waals surface area contributed by atoms with Gasteiger partial charge in [-0.2, -0.15) is 0 Å². The van der Waals surface area contributed by atoms with E-state index in [9.17, 15) is 15.0 Å². The average molecular weight is 347 g/mol. The summed E-state index contributed by atoms with van der Waals surface area (Å²) in [7, 11) is 1.25. The predicted molar refractivity (Wildman–Crippen MR) is 84.0 cm³/mol. The Morgan fingerprint density at radius 3 is 2.67 bits per heavy atom. The molecule has 1 aliphatic heterocycles. The van der Waals surface area contributed by atoms with Gasteiger partial charge in [0.15, 0.2) is 6.29 Å². The zero-order valence-electron chi connectivity index (χ0n) is 14.3. The molecule has 7 atom stereocenters. The highest BCUT2D eigenvalue weighted by atomic mass is 16.7. The molecule has 0 aromatic rings. The molecule has 2 fully saturated rings. The van der Waals surface area contributed by atoms with E-state index in [1.165, 1.54) is 13.5 Å². The van der Waals surface area contributed by atoms with Crippen molar-refractivity contribution in [3.05, 3.63) is 0 Å². The zero-order valence-corrected chi connectivity index (χ0v) is 14.3. The maximum Gasteiger partial charge on any atom is 0.331 e. The van der Waals surface area contributed by atoms with Crippen LogP contribution in [0.1, 0.15) is 32.6 Å². The molecule has 1 saturated heterocycles. The van der Waals surface area contributed by atoms with Gasteiger partial charge < -0.3 is 34.9 Å². The summed E-state index contributed by atoms with van der Waals surface area (Å²) in [6.07, 6.45) is 0.569. The molecule has 0 spiro atoms. The van der Waals surface area contributed by atoms with Crippen molar-refractivity contribution < 1.29 is 34.0 Å². The van der Waals surface area contributed by atoms with Crippen molar-refractivity contribution in [1.82, 2.24) is 0 Å². The van der Waals surface area contributed by atoms with E-state index in [0.29, 0.717) is 5.92 Å². The van der Waals surface area contributed by atoms with Crippen LogP contribution in [0.2, 0.25) is 0 Å². The third-order valence-corrected chi connectivity index (χ3v) is 4.86. The molecule has 24 heavy (non-hydrogen) atoms. The first-order chi connectivity index (χ1) is 11.5. The van der Waals surface area contributed by atoms with Crippen LogP contribution in [0.4, 0.5) is 0 Å². The van der Waals surface area contributed by atoms with Gasteiger partial charge in [0.05, 0.1) is 25.9 Å². The van der Waals surface area contributed by atoms with E-state index in [1.807, 2.05) is 0 Å². The Bertz CT molecular complexity index is 408. The van der Waals surface area contributed by atoms with Gasteiger partial charge in [-0.25, -0.2) is 4.79 Å². The molecule has 0 bridgehead atoms. The lowest BCUT2D eigenvalue weighted by Crippen LogP contribution is -2.64. The third kappa shape index (κ3) is 4.65. The van der Waals surface area contributed by atoms with Crippen LogP contribution in [0.3, 0.4) is 0 Å². The van der Waals surface area contributed by atoms with Crippen molar-refractivity contribution >= 4 is 5.97 Å². The summed E-state index contributed by atoms with van der Waals surface area (Å²) in [6.45, 7) is 1.39. The molecule has 0 aromatic carbocycles. The van der Waals surface area contributed by atoms with Crippen LogP contribution >= 0.6 is 0 Å². The number of aliphatic hydroxyl groups excluding tert-OH is 2. The lowest BCUT2D eigenvalue weighted by Gasteiger charge is -2.44. The molecule has 1 aliphatic carbocycles. The topological polar surface area (TPSA) is 120 Å². The van der Waals surface area contributed by atoms with Crippen LogP contribution in [0.25, 0.3) is 0 Å². The molecular formula is C16H29NO7. The Balaban J connectivity index is 2.02. The minimum Gasteiger partial charge on any atom is -0.467 e. The van der Waals surface area contributed by atoms with Gasteiger partial charge in [0, 0.05) is 0 Å². The standard InChI is InChI=1S/C16H29NO7/c1-9-5-3-4-6-10(9)23-16-13(17)15(22-8-12(19)21-2)14(20)11(7-18)24-16/h9-11,13-16,18,20H,3-8,17H2,1-2H3/t9-,10-,11?,13?,14-,15+,16?/m0/s1. The van der Waals surface area contributed by atoms with Crippen LogP contribution in [-0.2, 0) is 23.7 Å². The quantitative estimate of drug-likeness (QED) is 0.552. The van der Waals surface area contributed by atoms with E-state index >= 15 is 0 Å². The summed E-state index contributed by atoms with van der Waals surface area (Å²) in [4.78, 5) is 11.3. The highest BCUT2D eigenvalue weighted by molar-refractivity contribution is 5.70. The molecule has 3 unspecified atom stereocenters. The second-order valence-electron chi connectivity index (χ2n) is 6.58. The van der Waals surface area contributed by atoms with Gasteiger partial charge >= 0.3 is 5.97 Å². The van der Waals surface area contributed by atoms with Crippen LogP contribution in [0, 0.1) is 5.92 Å². The summed E-state index contributed by atoms with van der Waals surface area (Å²) in [5, 5.41) is 19.7. The predicted octanol–water partition coefficient (Wildman–Crippen LogP) is -0.455. The van der Waals surface area contributed by atoms with Gasteiger partial charge in [-0.15, -0.1) is 0 Å². The highest BCUT2D eigenvalue weighted by Crippen LogP contribution is 2.31. The van der Waals surface area contributed by atoms with E-state index in [0.717, 1.165) is 19.3 Å². The largest absolute Gasteiger partial charge is 0.467 e. The number of rotatable bonds is 6. The summed E-state index contributed by atoms with van der Waals surface area (Å²) in [5.41, 5.74) is 6.15. The molecule has 2 aliphatic rings. The van der Waals surface area contributed by atoms with E-state index in [1.54, 1.807) is 0 Å². The van der Waals surface area contributed by atoms with Crippen molar-refractivity contribution in [3.8, 4) is 0 Å². The second kappa shape index (κ2) is 9.07. The minimum absolute atomic E-state index is 0.0191. The summed E-state index contributed by atoms with van der Waals surface area (Å²) < 4.78 is 21.6. The Morgan fingerprint density at radius 2 is 2.04 bits per heavy atom. The van der Waals surface area contributed by atoms with Gasteiger partial charge in [0.1, 0.15) is 24.9 Å². The number of hydrogen-bond donors (Lipinski definition) is 3. The summed E-state index contributed by atoms with van der Waals surface area (Å²) in [5.74, 6) is -0.178. The number of ether oxygens (including phenoxy) is 4. The fourth-order valence-electron chi connectivity index (χ4n) is 3.30. The van der Waals surface area contributed by atoms with Crippen molar-refractivity contribution in [2.45, 2.75) is 69.4 Å². The van der Waals surface area contributed by atoms with E-state index in [-0.39, 0.29) is 12.7 Å². The van der Waals surface area contributed by atoms with Gasteiger partial charge in [-0.05, 0) is 18.8 Å². The number of esters is 1. The molecule has 0 aromatic heterocycles. The maximum absolute atomic E-state index is 11.3. The Hall–Kier alpha value is -0.770. The fourth-order valence-corrected chi connectivity index (χ4v) is 3.30. The lowest BCUT2D eigenvalue weighted by atomic mass is 9.87. The zero-order chi connectivity index (χ0) is 17.7. The van der Waals surface area contributed by atoms with Gasteiger partial charge in [0.25, 0.3) is 0 Å². The van der Waals surface area contributed by atoms with Crippen molar-refractivity contribution in [3.63, 3.8) is 0 Å². The number of nitrogens with two attached hydrogens (primary N) is 1. The van der Waals surface area contributed by atoms with Crippen molar-refractivity contribution in [2.24, 2.45) is 11.7 Å². The molecule has 140 valence electrons. The third-order valence-electron chi connectivity index (χ3n) is 4.86. The van der Waals surface area contributed by atoms with E-state index in [2.05, 4.69) is 11.7 Å². The molecule has 8 nitrogen and oxygen atoms in total. The maximum atomic E-state index is 11.3. The first-order valence-corrected chi connectivity index (χ1v) is 8.51. The van der Waals surface area contributed by atoms with Crippen LogP contribution in [0.15, 0.2) is 0 Å². The van der Waals surface area contributed by atoms with Crippen LogP contribution < -0.4 is 5.73 Å². The van der Waals surface area contributed by atoms with Gasteiger partial charge in [-0.1, -0.05) is 19.8 Å². The lowest BCUT2D eigenvalue weighted by molar-refractivity contribution is -0.289. The smallest absolute Gasteiger partial charge is 0.331 e. The minimum atomic E-state index is -1.15. The molecule has 1 saturated carbocycles. The normalized spacial score (nSPS) is 40.3. The second-order valence-corrected chi connectivity index (χ2v) is 6.58. The fraction of sp³-hybridized carbons (Fsp3) is 0.938. The number of methoxy groups -OCH3 is 1. The molecular weight excluding hydrogens is 318 g/mol. The van der Waals surface area contributed by atoms with Crippen molar-refractivity contribution in [1.29, 1.82) is 0 Å². The van der Waals surface area contributed by atoms with Crippen molar-refractivity contribution in [2.75, 3.05) is 20.3 Å². The molecule has 0 amide bonds. The first-order valence-electron chi connectivity index (χ1n) is 8.51. The van der Waals surface area contributed by atoms with Crippen LogP contribution in [-0.4, -0.2) is 73.3 Å². The highest BCUT2D eigenvalue weighted by Gasteiger charge is 2.46. The molecule has 4 N–H and O–H groups in total. The van der Waals surface area contributed by atoms with E-state index in [4.69, 9.17) is 19.9 Å². The molecule has 2 rings (SSSR count). The number of carbonyl (C=O) groups excluding carboxylic acids is 1. The van der Waals surface area contributed by atoms with E-state index < -0.39 is 43.2 Å². The van der Waals surface area contributed by atoms with Gasteiger partial charge in [-0.3, -0.25) is 0 Å². The number of hydrogen-bond acceptors (Lipinski definition) is 8.